The number of hydrogen-bond donors (Lipinski definition) is 1. The molecule has 0 bridgehead atoms. The van der Waals surface area contributed by atoms with Crippen LogP contribution in [0.15, 0.2) is 18.2 Å². The highest BCUT2D eigenvalue weighted by atomic mass is 16.6. The molecule has 1 amide bonds. The number of rotatable bonds is 4. The highest BCUT2D eigenvalue weighted by Crippen LogP contribution is 2.28. The minimum absolute atomic E-state index is 0.0430. The molecule has 22 heavy (non-hydrogen) atoms. The molecular formula is C16H23N3O3. The van der Waals surface area contributed by atoms with Gasteiger partial charge in [0.15, 0.2) is 0 Å². The lowest BCUT2D eigenvalue weighted by Crippen LogP contribution is -2.34. The molecule has 0 atom stereocenters. The molecular weight excluding hydrogens is 282 g/mol. The molecule has 1 fully saturated rings. The van der Waals surface area contributed by atoms with Gasteiger partial charge in [0, 0.05) is 31.8 Å². The molecule has 0 aliphatic heterocycles. The number of amides is 1. The van der Waals surface area contributed by atoms with Gasteiger partial charge in [0.25, 0.3) is 11.6 Å². The van der Waals surface area contributed by atoms with Crippen molar-refractivity contribution in [2.24, 2.45) is 0 Å². The Morgan fingerprint density at radius 2 is 1.86 bits per heavy atom. The molecule has 1 aliphatic rings. The van der Waals surface area contributed by atoms with Gasteiger partial charge in [-0.25, -0.2) is 0 Å². The van der Waals surface area contributed by atoms with Crippen LogP contribution >= 0.6 is 0 Å². The zero-order valence-electron chi connectivity index (χ0n) is 13.2. The number of nitro groups is 1. The molecule has 2 rings (SSSR count). The van der Waals surface area contributed by atoms with E-state index < -0.39 is 4.92 Å². The van der Waals surface area contributed by atoms with Crippen molar-refractivity contribution < 1.29 is 9.72 Å². The van der Waals surface area contributed by atoms with Crippen LogP contribution in [0.1, 0.15) is 48.9 Å². The quantitative estimate of drug-likeness (QED) is 0.527. The number of nitrogens with zero attached hydrogens (tertiary/aromatic N) is 2. The van der Waals surface area contributed by atoms with Gasteiger partial charge in [-0.15, -0.1) is 0 Å². The second-order valence-corrected chi connectivity index (χ2v) is 6.02. The van der Waals surface area contributed by atoms with Crippen molar-refractivity contribution in [3.63, 3.8) is 0 Å². The largest absolute Gasteiger partial charge is 0.372 e. The number of anilines is 1. The lowest BCUT2D eigenvalue weighted by atomic mass is 10.1. The molecule has 1 aromatic carbocycles. The van der Waals surface area contributed by atoms with Crippen LogP contribution in [0.3, 0.4) is 0 Å². The standard InChI is InChI=1S/C16H23N3O3/c1-18(2)14-10-9-12(11-15(14)19(21)22)16(20)17-13-7-5-3-4-6-8-13/h9-11,13H,3-8H2,1-2H3,(H,17,20). The third kappa shape index (κ3) is 3.96. The first-order chi connectivity index (χ1) is 10.5. The summed E-state index contributed by atoms with van der Waals surface area (Å²) in [5, 5.41) is 14.2. The Balaban J connectivity index is 2.15. The highest BCUT2D eigenvalue weighted by Gasteiger charge is 2.21. The van der Waals surface area contributed by atoms with Gasteiger partial charge in [-0.2, -0.15) is 0 Å². The maximum Gasteiger partial charge on any atom is 0.293 e. The Morgan fingerprint density at radius 1 is 1.23 bits per heavy atom. The first-order valence-electron chi connectivity index (χ1n) is 7.75. The van der Waals surface area contributed by atoms with Crippen molar-refractivity contribution in [2.45, 2.75) is 44.6 Å². The van der Waals surface area contributed by atoms with E-state index in [1.54, 1.807) is 31.1 Å². The molecule has 0 spiro atoms. The van der Waals surface area contributed by atoms with Gasteiger partial charge in [0.1, 0.15) is 5.69 Å². The van der Waals surface area contributed by atoms with E-state index in [4.69, 9.17) is 0 Å². The summed E-state index contributed by atoms with van der Waals surface area (Å²) in [6.07, 6.45) is 6.67. The van der Waals surface area contributed by atoms with Crippen LogP contribution in [0, 0.1) is 10.1 Å². The fourth-order valence-corrected chi connectivity index (χ4v) is 2.88. The first-order valence-corrected chi connectivity index (χ1v) is 7.75. The molecule has 0 heterocycles. The van der Waals surface area contributed by atoms with Gasteiger partial charge in [-0.3, -0.25) is 14.9 Å². The van der Waals surface area contributed by atoms with Gasteiger partial charge < -0.3 is 10.2 Å². The first kappa shape index (κ1) is 16.3. The molecule has 0 radical (unpaired) electrons. The fraction of sp³-hybridized carbons (Fsp3) is 0.562. The van der Waals surface area contributed by atoms with Crippen molar-refractivity contribution in [3.05, 3.63) is 33.9 Å². The Labute approximate surface area is 130 Å². The Bertz CT molecular complexity index is 550. The fourth-order valence-electron chi connectivity index (χ4n) is 2.88. The van der Waals surface area contributed by atoms with Crippen LogP contribution in [-0.4, -0.2) is 31.0 Å². The number of hydrogen-bond acceptors (Lipinski definition) is 4. The van der Waals surface area contributed by atoms with E-state index in [9.17, 15) is 14.9 Å². The van der Waals surface area contributed by atoms with Crippen molar-refractivity contribution in [1.29, 1.82) is 0 Å². The summed E-state index contributed by atoms with van der Waals surface area (Å²) >= 11 is 0. The van der Waals surface area contributed by atoms with Crippen LogP contribution in [0.25, 0.3) is 0 Å². The lowest BCUT2D eigenvalue weighted by molar-refractivity contribution is -0.384. The van der Waals surface area contributed by atoms with Gasteiger partial charge in [-0.05, 0) is 25.0 Å². The number of carbonyl (C=O) groups excluding carboxylic acids is 1. The number of carbonyl (C=O) groups is 1. The smallest absolute Gasteiger partial charge is 0.293 e. The summed E-state index contributed by atoms with van der Waals surface area (Å²) in [6.45, 7) is 0. The maximum absolute atomic E-state index is 12.3. The summed E-state index contributed by atoms with van der Waals surface area (Å²) < 4.78 is 0. The van der Waals surface area contributed by atoms with Gasteiger partial charge in [0.2, 0.25) is 0 Å². The molecule has 1 aromatic rings. The number of benzene rings is 1. The van der Waals surface area contributed by atoms with Crippen molar-refractivity contribution in [1.82, 2.24) is 5.32 Å². The average Bonchev–Trinajstić information content (AvgIpc) is 2.75. The predicted octanol–water partition coefficient (Wildman–Crippen LogP) is 3.11. The summed E-state index contributed by atoms with van der Waals surface area (Å²) in [4.78, 5) is 24.7. The normalized spacial score (nSPS) is 15.9. The van der Waals surface area contributed by atoms with Crippen LogP contribution in [0.5, 0.6) is 0 Å². The Kier molecular flexibility index (Phi) is 5.35. The van der Waals surface area contributed by atoms with E-state index >= 15 is 0 Å². The molecule has 6 nitrogen and oxygen atoms in total. The van der Waals surface area contributed by atoms with E-state index in [1.807, 2.05) is 0 Å². The third-order valence-corrected chi connectivity index (χ3v) is 4.11. The van der Waals surface area contributed by atoms with Crippen molar-refractivity contribution in [3.8, 4) is 0 Å². The summed E-state index contributed by atoms with van der Waals surface area (Å²) in [6, 6.07) is 4.82. The van der Waals surface area contributed by atoms with E-state index in [2.05, 4.69) is 5.32 Å². The van der Waals surface area contributed by atoms with Crippen LogP contribution in [-0.2, 0) is 0 Å². The zero-order valence-corrected chi connectivity index (χ0v) is 13.2. The third-order valence-electron chi connectivity index (χ3n) is 4.11. The number of nitro benzene ring substituents is 1. The molecule has 0 saturated heterocycles. The average molecular weight is 305 g/mol. The number of nitrogens with one attached hydrogen (secondary N) is 1. The molecule has 0 unspecified atom stereocenters. The molecule has 1 N–H and O–H groups in total. The lowest BCUT2D eigenvalue weighted by Gasteiger charge is -2.17. The summed E-state index contributed by atoms with van der Waals surface area (Å²) in [7, 11) is 3.49. The van der Waals surface area contributed by atoms with E-state index in [-0.39, 0.29) is 17.6 Å². The monoisotopic (exact) mass is 305 g/mol. The summed E-state index contributed by atoms with van der Waals surface area (Å²) in [5.41, 5.74) is 0.802. The molecule has 0 aromatic heterocycles. The predicted molar refractivity (Wildman–Crippen MR) is 86.4 cm³/mol. The van der Waals surface area contributed by atoms with Gasteiger partial charge >= 0.3 is 0 Å². The molecule has 6 heteroatoms. The Hall–Kier alpha value is -2.11. The SMILES string of the molecule is CN(C)c1ccc(C(=O)NC2CCCCCC2)cc1[N+](=O)[O-]. The topological polar surface area (TPSA) is 75.5 Å². The molecule has 1 saturated carbocycles. The van der Waals surface area contributed by atoms with E-state index in [0.29, 0.717) is 11.3 Å². The second-order valence-electron chi connectivity index (χ2n) is 6.02. The van der Waals surface area contributed by atoms with Gasteiger partial charge in [-0.1, -0.05) is 25.7 Å². The Morgan fingerprint density at radius 3 is 2.41 bits per heavy atom. The minimum atomic E-state index is -0.447. The van der Waals surface area contributed by atoms with Crippen LogP contribution in [0.4, 0.5) is 11.4 Å². The highest BCUT2D eigenvalue weighted by molar-refractivity contribution is 5.96. The van der Waals surface area contributed by atoms with Crippen LogP contribution in [0.2, 0.25) is 0 Å². The molecule has 120 valence electrons. The van der Waals surface area contributed by atoms with E-state index in [1.165, 1.54) is 18.9 Å². The summed E-state index contributed by atoms with van der Waals surface area (Å²) in [5.74, 6) is -0.222. The van der Waals surface area contributed by atoms with Crippen molar-refractivity contribution >= 4 is 17.3 Å². The second kappa shape index (κ2) is 7.24. The maximum atomic E-state index is 12.3. The minimum Gasteiger partial charge on any atom is -0.372 e. The van der Waals surface area contributed by atoms with E-state index in [0.717, 1.165) is 25.7 Å². The van der Waals surface area contributed by atoms with Crippen LogP contribution < -0.4 is 10.2 Å². The molecule has 1 aliphatic carbocycles. The zero-order chi connectivity index (χ0) is 16.1. The van der Waals surface area contributed by atoms with Crippen molar-refractivity contribution in [2.75, 3.05) is 19.0 Å². The van der Waals surface area contributed by atoms with Gasteiger partial charge in [0.05, 0.1) is 4.92 Å².